The Morgan fingerprint density at radius 3 is 2.84 bits per heavy atom. The van der Waals surface area contributed by atoms with Crippen molar-refractivity contribution in [3.8, 4) is 0 Å². The lowest BCUT2D eigenvalue weighted by molar-refractivity contribution is 0.101. The van der Waals surface area contributed by atoms with Gasteiger partial charge in [-0.1, -0.05) is 18.3 Å². The summed E-state index contributed by atoms with van der Waals surface area (Å²) in [5, 5.41) is 12.1. The van der Waals surface area contributed by atoms with Gasteiger partial charge in [0.15, 0.2) is 0 Å². The van der Waals surface area contributed by atoms with Crippen LogP contribution in [-0.2, 0) is 6.42 Å². The maximum absolute atomic E-state index is 12.2. The van der Waals surface area contributed by atoms with Crippen LogP contribution in [-0.4, -0.2) is 20.7 Å². The van der Waals surface area contributed by atoms with Crippen LogP contribution in [0.5, 0.6) is 0 Å². The predicted molar refractivity (Wildman–Crippen MR) is 76.5 cm³/mol. The molecule has 2 aromatic rings. The van der Waals surface area contributed by atoms with Crippen LogP contribution in [0.2, 0.25) is 0 Å². The van der Waals surface area contributed by atoms with Crippen molar-refractivity contribution in [1.29, 1.82) is 0 Å². The summed E-state index contributed by atoms with van der Waals surface area (Å²) in [6.07, 6.45) is 2.57. The molecule has 0 saturated heterocycles. The Balaban J connectivity index is 2.20. The van der Waals surface area contributed by atoms with Gasteiger partial charge in [0.05, 0.1) is 5.69 Å². The van der Waals surface area contributed by atoms with Gasteiger partial charge in [0.1, 0.15) is 10.7 Å². The molecule has 102 valence electrons. The molecule has 0 radical (unpaired) electrons. The van der Waals surface area contributed by atoms with E-state index in [2.05, 4.69) is 15.5 Å². The number of carbonyl (C=O) groups excluding carboxylic acids is 1. The van der Waals surface area contributed by atoms with E-state index < -0.39 is 0 Å². The quantitative estimate of drug-likeness (QED) is 0.899. The molecule has 0 aromatic carbocycles. The molecule has 0 unspecified atom stereocenters. The Morgan fingerprint density at radius 1 is 1.53 bits per heavy atom. The second-order valence-electron chi connectivity index (χ2n) is 4.47. The molecule has 6 nitrogen and oxygen atoms in total. The summed E-state index contributed by atoms with van der Waals surface area (Å²) in [6.45, 7) is 5.99. The molecule has 0 atom stereocenters. The first-order chi connectivity index (χ1) is 9.01. The van der Waals surface area contributed by atoms with Gasteiger partial charge in [0.25, 0.3) is 5.91 Å². The summed E-state index contributed by atoms with van der Waals surface area (Å²) in [6, 6.07) is 1.83. The first kappa shape index (κ1) is 13.5. The molecule has 2 heterocycles. The summed E-state index contributed by atoms with van der Waals surface area (Å²) in [5.74, 6) is -0.218. The van der Waals surface area contributed by atoms with Crippen LogP contribution < -0.4 is 11.1 Å². The second kappa shape index (κ2) is 5.40. The highest BCUT2D eigenvalue weighted by molar-refractivity contribution is 7.15. The molecule has 0 aliphatic carbocycles. The van der Waals surface area contributed by atoms with Gasteiger partial charge in [0, 0.05) is 12.2 Å². The van der Waals surface area contributed by atoms with Gasteiger partial charge in [-0.25, -0.2) is 0 Å². The molecule has 0 aliphatic heterocycles. The monoisotopic (exact) mass is 279 g/mol. The molecular formula is C12H17N5OS. The van der Waals surface area contributed by atoms with E-state index in [0.29, 0.717) is 16.5 Å². The lowest BCUT2D eigenvalue weighted by Gasteiger charge is -2.11. The van der Waals surface area contributed by atoms with Crippen LogP contribution in [0.3, 0.4) is 0 Å². The Labute approximate surface area is 115 Å². The zero-order valence-corrected chi connectivity index (χ0v) is 12.0. The van der Waals surface area contributed by atoms with Crippen molar-refractivity contribution in [3.05, 3.63) is 23.0 Å². The van der Waals surface area contributed by atoms with Gasteiger partial charge < -0.3 is 10.3 Å². The van der Waals surface area contributed by atoms with Gasteiger partial charge in [-0.15, -0.1) is 10.2 Å². The largest absolute Gasteiger partial charge is 0.397 e. The molecule has 7 heteroatoms. The molecule has 19 heavy (non-hydrogen) atoms. The van der Waals surface area contributed by atoms with Crippen LogP contribution in [0.1, 0.15) is 42.3 Å². The predicted octanol–water partition coefficient (Wildman–Crippen LogP) is 2.32. The number of aryl methyl sites for hydroxylation is 1. The number of anilines is 2. The maximum atomic E-state index is 12.2. The molecule has 1 amide bonds. The summed E-state index contributed by atoms with van der Waals surface area (Å²) >= 11 is 1.38. The van der Waals surface area contributed by atoms with Crippen molar-refractivity contribution in [2.45, 2.75) is 33.2 Å². The van der Waals surface area contributed by atoms with E-state index in [1.165, 1.54) is 11.3 Å². The van der Waals surface area contributed by atoms with Crippen LogP contribution >= 0.6 is 11.3 Å². The van der Waals surface area contributed by atoms with Gasteiger partial charge in [-0.3, -0.25) is 10.1 Å². The molecule has 0 fully saturated rings. The van der Waals surface area contributed by atoms with Crippen molar-refractivity contribution in [1.82, 2.24) is 14.8 Å². The van der Waals surface area contributed by atoms with Crippen molar-refractivity contribution in [2.75, 3.05) is 11.1 Å². The highest BCUT2D eigenvalue weighted by Crippen LogP contribution is 2.20. The first-order valence-corrected chi connectivity index (χ1v) is 6.94. The molecule has 0 spiro atoms. The van der Waals surface area contributed by atoms with Crippen molar-refractivity contribution in [3.63, 3.8) is 0 Å². The molecule has 3 N–H and O–H groups in total. The number of nitrogens with one attached hydrogen (secondary N) is 1. The van der Waals surface area contributed by atoms with Gasteiger partial charge in [-0.05, 0) is 26.3 Å². The van der Waals surface area contributed by atoms with Crippen molar-refractivity contribution in [2.24, 2.45) is 0 Å². The number of nitrogens with zero attached hydrogens (tertiary/aromatic N) is 3. The number of hydrogen-bond donors (Lipinski definition) is 2. The van der Waals surface area contributed by atoms with Crippen LogP contribution in [0.15, 0.2) is 12.3 Å². The van der Waals surface area contributed by atoms with E-state index in [0.717, 1.165) is 11.4 Å². The summed E-state index contributed by atoms with van der Waals surface area (Å²) in [7, 11) is 0. The van der Waals surface area contributed by atoms with E-state index >= 15 is 0 Å². The second-order valence-corrected chi connectivity index (χ2v) is 5.53. The van der Waals surface area contributed by atoms with E-state index in [-0.39, 0.29) is 11.9 Å². The van der Waals surface area contributed by atoms with Gasteiger partial charge in [-0.2, -0.15) is 0 Å². The fraction of sp³-hybridized carbons (Fsp3) is 0.417. The number of nitrogens with two attached hydrogens (primary N) is 1. The first-order valence-electron chi connectivity index (χ1n) is 6.12. The number of hydrogen-bond acceptors (Lipinski definition) is 5. The minimum atomic E-state index is -0.218. The minimum Gasteiger partial charge on any atom is -0.397 e. The molecule has 0 aliphatic rings. The Bertz CT molecular complexity index is 587. The topological polar surface area (TPSA) is 85.8 Å². The van der Waals surface area contributed by atoms with E-state index in [9.17, 15) is 4.79 Å². The normalized spacial score (nSPS) is 10.9. The van der Waals surface area contributed by atoms with E-state index in [1.807, 2.05) is 25.3 Å². The number of aromatic nitrogens is 3. The molecule has 0 bridgehead atoms. The zero-order chi connectivity index (χ0) is 14.0. The Morgan fingerprint density at radius 2 is 2.26 bits per heavy atom. The van der Waals surface area contributed by atoms with Crippen LogP contribution in [0.25, 0.3) is 0 Å². The number of carbonyl (C=O) groups is 1. The van der Waals surface area contributed by atoms with Crippen molar-refractivity contribution < 1.29 is 4.79 Å². The van der Waals surface area contributed by atoms with E-state index in [4.69, 9.17) is 5.73 Å². The lowest BCUT2D eigenvalue weighted by atomic mass is 10.3. The number of nitrogen functional groups attached to an aromatic ring is 1. The van der Waals surface area contributed by atoms with Crippen molar-refractivity contribution >= 4 is 28.1 Å². The average Bonchev–Trinajstić information content (AvgIpc) is 2.95. The molecule has 0 saturated carbocycles. The van der Waals surface area contributed by atoms with Gasteiger partial charge in [0.2, 0.25) is 5.13 Å². The third-order valence-corrected chi connectivity index (χ3v) is 3.63. The third-order valence-electron chi connectivity index (χ3n) is 2.65. The SMILES string of the molecule is CCc1nnc(NC(=O)c2cc(N)cn2C(C)C)s1. The third kappa shape index (κ3) is 2.93. The van der Waals surface area contributed by atoms with E-state index in [1.54, 1.807) is 12.3 Å². The summed E-state index contributed by atoms with van der Waals surface area (Å²) < 4.78 is 1.84. The minimum absolute atomic E-state index is 0.165. The molecule has 2 rings (SSSR count). The highest BCUT2D eigenvalue weighted by atomic mass is 32.1. The molecular weight excluding hydrogens is 262 g/mol. The standard InChI is InChI=1S/C12H17N5OS/c1-4-10-15-16-12(19-10)14-11(18)9-5-8(13)6-17(9)7(2)3/h5-7H,4,13H2,1-3H3,(H,14,16,18). The maximum Gasteiger partial charge on any atom is 0.274 e. The zero-order valence-electron chi connectivity index (χ0n) is 11.2. The van der Waals surface area contributed by atoms with Crippen LogP contribution in [0.4, 0.5) is 10.8 Å². The van der Waals surface area contributed by atoms with Crippen LogP contribution in [0, 0.1) is 0 Å². The number of amides is 1. The lowest BCUT2D eigenvalue weighted by Crippen LogP contribution is -2.17. The fourth-order valence-corrected chi connectivity index (χ4v) is 2.39. The van der Waals surface area contributed by atoms with Gasteiger partial charge >= 0.3 is 0 Å². The fourth-order valence-electron chi connectivity index (χ4n) is 1.72. The smallest absolute Gasteiger partial charge is 0.274 e. The molecule has 2 aromatic heterocycles. The summed E-state index contributed by atoms with van der Waals surface area (Å²) in [5.41, 5.74) is 6.85. The average molecular weight is 279 g/mol. The number of rotatable bonds is 4. The Kier molecular flexibility index (Phi) is 3.84. The summed E-state index contributed by atoms with van der Waals surface area (Å²) in [4.78, 5) is 12.2. The Hall–Kier alpha value is -1.89. The highest BCUT2D eigenvalue weighted by Gasteiger charge is 2.16.